The highest BCUT2D eigenvalue weighted by Crippen LogP contribution is 2.65. The third-order valence-electron chi connectivity index (χ3n) is 5.98. The minimum atomic E-state index is -0.431. The van der Waals surface area contributed by atoms with Crippen LogP contribution in [0.4, 0.5) is 5.69 Å². The lowest BCUT2D eigenvalue weighted by atomic mass is 9.68. The van der Waals surface area contributed by atoms with Crippen molar-refractivity contribution in [3.8, 4) is 11.5 Å². The van der Waals surface area contributed by atoms with Gasteiger partial charge in [-0.3, -0.25) is 4.79 Å². The molecule has 1 amide bonds. The summed E-state index contributed by atoms with van der Waals surface area (Å²) in [7, 11) is 3.20. The van der Waals surface area contributed by atoms with Crippen LogP contribution in [0.3, 0.4) is 0 Å². The van der Waals surface area contributed by atoms with Gasteiger partial charge in [0.15, 0.2) is 0 Å². The van der Waals surface area contributed by atoms with E-state index in [4.69, 9.17) is 9.47 Å². The standard InChI is InChI=1S/C19H25NO3/c1-12-18(2,3)13-8-9-19(12,11-13)17(21)20-15-7-6-14(22-4)10-16(15)23-5/h6-7,10,13H,1,8-9,11H2,2-5H3,(H,20,21)/t13-,19+/m1/s1. The molecule has 4 nitrogen and oxygen atoms in total. The van der Waals surface area contributed by atoms with Gasteiger partial charge in [0, 0.05) is 6.07 Å². The lowest BCUT2D eigenvalue weighted by Gasteiger charge is -2.37. The summed E-state index contributed by atoms with van der Waals surface area (Å²) in [5.41, 5.74) is 1.36. The van der Waals surface area contributed by atoms with Crippen molar-refractivity contribution in [2.24, 2.45) is 16.7 Å². The molecule has 2 aliphatic carbocycles. The van der Waals surface area contributed by atoms with E-state index in [2.05, 4.69) is 25.7 Å². The average Bonchev–Trinajstić information content (AvgIpc) is 3.07. The number of methoxy groups -OCH3 is 2. The maximum absolute atomic E-state index is 13.1. The van der Waals surface area contributed by atoms with E-state index in [1.54, 1.807) is 20.3 Å². The van der Waals surface area contributed by atoms with Crippen LogP contribution >= 0.6 is 0 Å². The lowest BCUT2D eigenvalue weighted by molar-refractivity contribution is -0.123. The van der Waals surface area contributed by atoms with Crippen molar-refractivity contribution in [1.29, 1.82) is 0 Å². The predicted octanol–water partition coefficient (Wildman–Crippen LogP) is 4.02. The van der Waals surface area contributed by atoms with Crippen LogP contribution < -0.4 is 14.8 Å². The third kappa shape index (κ3) is 2.23. The largest absolute Gasteiger partial charge is 0.497 e. The first-order chi connectivity index (χ1) is 10.8. The minimum Gasteiger partial charge on any atom is -0.497 e. The smallest absolute Gasteiger partial charge is 0.234 e. The second kappa shape index (κ2) is 5.29. The van der Waals surface area contributed by atoms with E-state index in [9.17, 15) is 4.79 Å². The second-order valence-electron chi connectivity index (χ2n) is 7.24. The Morgan fingerprint density at radius 1 is 1.30 bits per heavy atom. The lowest BCUT2D eigenvalue weighted by Crippen LogP contribution is -2.37. The van der Waals surface area contributed by atoms with Gasteiger partial charge in [-0.25, -0.2) is 0 Å². The molecule has 0 spiro atoms. The van der Waals surface area contributed by atoms with Crippen molar-refractivity contribution in [1.82, 2.24) is 0 Å². The number of hydrogen-bond acceptors (Lipinski definition) is 3. The van der Waals surface area contributed by atoms with Crippen LogP contribution in [0.1, 0.15) is 33.1 Å². The summed E-state index contributed by atoms with van der Waals surface area (Å²) in [6.45, 7) is 8.70. The molecule has 0 aromatic heterocycles. The zero-order valence-electron chi connectivity index (χ0n) is 14.4. The van der Waals surface area contributed by atoms with Gasteiger partial charge < -0.3 is 14.8 Å². The Kier molecular flexibility index (Phi) is 3.66. The maximum atomic E-state index is 13.1. The first kappa shape index (κ1) is 15.9. The third-order valence-corrected chi connectivity index (χ3v) is 5.98. The van der Waals surface area contributed by atoms with E-state index in [0.717, 1.165) is 24.8 Å². The van der Waals surface area contributed by atoms with Gasteiger partial charge >= 0.3 is 0 Å². The van der Waals surface area contributed by atoms with E-state index in [0.29, 0.717) is 23.1 Å². The number of hydrogen-bond donors (Lipinski definition) is 1. The molecular formula is C19H25NO3. The van der Waals surface area contributed by atoms with Crippen LogP contribution in [0.25, 0.3) is 0 Å². The van der Waals surface area contributed by atoms with Crippen molar-refractivity contribution < 1.29 is 14.3 Å². The van der Waals surface area contributed by atoms with Crippen LogP contribution in [0, 0.1) is 16.7 Å². The Hall–Kier alpha value is -1.97. The van der Waals surface area contributed by atoms with Crippen LogP contribution in [0.5, 0.6) is 11.5 Å². The molecule has 23 heavy (non-hydrogen) atoms. The van der Waals surface area contributed by atoms with E-state index >= 15 is 0 Å². The molecule has 2 fully saturated rings. The van der Waals surface area contributed by atoms with Crippen LogP contribution in [-0.4, -0.2) is 20.1 Å². The summed E-state index contributed by atoms with van der Waals surface area (Å²) in [6.07, 6.45) is 2.90. The molecule has 0 aliphatic heterocycles. The van der Waals surface area contributed by atoms with Crippen molar-refractivity contribution in [2.45, 2.75) is 33.1 Å². The number of ether oxygens (including phenoxy) is 2. The van der Waals surface area contributed by atoms with E-state index in [1.165, 1.54) is 0 Å². The van der Waals surface area contributed by atoms with Gasteiger partial charge in [0.1, 0.15) is 11.5 Å². The highest BCUT2D eigenvalue weighted by molar-refractivity contribution is 5.99. The Labute approximate surface area is 137 Å². The van der Waals surface area contributed by atoms with Crippen molar-refractivity contribution >= 4 is 11.6 Å². The molecule has 4 heteroatoms. The van der Waals surface area contributed by atoms with E-state index in [-0.39, 0.29) is 11.3 Å². The molecule has 0 saturated heterocycles. The van der Waals surface area contributed by atoms with E-state index in [1.807, 2.05) is 12.1 Å². The summed E-state index contributed by atoms with van der Waals surface area (Å²) < 4.78 is 10.6. The number of benzene rings is 1. The normalized spacial score (nSPS) is 27.8. The van der Waals surface area contributed by atoms with Gasteiger partial charge in [-0.1, -0.05) is 26.0 Å². The molecule has 124 valence electrons. The molecule has 2 saturated carbocycles. The number of fused-ring (bicyclic) bond motifs is 2. The molecule has 1 aromatic rings. The van der Waals surface area contributed by atoms with Crippen LogP contribution in [0.2, 0.25) is 0 Å². The van der Waals surface area contributed by atoms with Gasteiger partial charge in [-0.2, -0.15) is 0 Å². The summed E-state index contributed by atoms with van der Waals surface area (Å²) in [5, 5.41) is 3.06. The first-order valence-corrected chi connectivity index (χ1v) is 8.08. The van der Waals surface area contributed by atoms with Gasteiger partial charge in [0.2, 0.25) is 5.91 Å². The fourth-order valence-electron chi connectivity index (χ4n) is 4.29. The fraction of sp³-hybridized carbons (Fsp3) is 0.526. The number of amides is 1. The summed E-state index contributed by atoms with van der Waals surface area (Å²) in [4.78, 5) is 13.1. The van der Waals surface area contributed by atoms with Crippen molar-refractivity contribution in [3.63, 3.8) is 0 Å². The SMILES string of the molecule is C=C1C(C)(C)[C@@H]2CC[C@]1(C(=O)Nc1ccc(OC)cc1OC)C2. The summed E-state index contributed by atoms with van der Waals surface area (Å²) in [6, 6.07) is 5.42. The Balaban J connectivity index is 1.87. The predicted molar refractivity (Wildman–Crippen MR) is 90.9 cm³/mol. The Morgan fingerprint density at radius 3 is 2.61 bits per heavy atom. The number of carbonyl (C=O) groups is 1. The zero-order valence-corrected chi connectivity index (χ0v) is 14.4. The van der Waals surface area contributed by atoms with Crippen molar-refractivity contribution in [2.75, 3.05) is 19.5 Å². The second-order valence-corrected chi connectivity index (χ2v) is 7.24. The maximum Gasteiger partial charge on any atom is 0.234 e. The molecule has 2 aliphatic rings. The Morgan fingerprint density at radius 2 is 2.04 bits per heavy atom. The van der Waals surface area contributed by atoms with Gasteiger partial charge in [-0.15, -0.1) is 0 Å². The molecule has 3 rings (SSSR count). The van der Waals surface area contributed by atoms with Crippen LogP contribution in [0.15, 0.2) is 30.4 Å². The van der Waals surface area contributed by atoms with E-state index < -0.39 is 5.41 Å². The average molecular weight is 315 g/mol. The van der Waals surface area contributed by atoms with Gasteiger partial charge in [0.05, 0.1) is 25.3 Å². The number of anilines is 1. The fourth-order valence-corrected chi connectivity index (χ4v) is 4.29. The molecule has 0 radical (unpaired) electrons. The molecule has 1 aromatic carbocycles. The monoisotopic (exact) mass is 315 g/mol. The minimum absolute atomic E-state index is 0.0408. The first-order valence-electron chi connectivity index (χ1n) is 8.08. The quantitative estimate of drug-likeness (QED) is 0.854. The topological polar surface area (TPSA) is 47.6 Å². The highest BCUT2D eigenvalue weighted by atomic mass is 16.5. The van der Waals surface area contributed by atoms with Gasteiger partial charge in [-0.05, 0) is 42.7 Å². The highest BCUT2D eigenvalue weighted by Gasteiger charge is 2.60. The Bertz CT molecular complexity index is 665. The molecule has 2 bridgehead atoms. The van der Waals surface area contributed by atoms with Crippen molar-refractivity contribution in [3.05, 3.63) is 30.4 Å². The van der Waals surface area contributed by atoms with Crippen LogP contribution in [-0.2, 0) is 4.79 Å². The number of nitrogens with one attached hydrogen (secondary N) is 1. The molecular weight excluding hydrogens is 290 g/mol. The molecule has 1 N–H and O–H groups in total. The summed E-state index contributed by atoms with van der Waals surface area (Å²) >= 11 is 0. The molecule has 0 unspecified atom stereocenters. The number of carbonyl (C=O) groups excluding carboxylic acids is 1. The number of rotatable bonds is 4. The van der Waals surface area contributed by atoms with Gasteiger partial charge in [0.25, 0.3) is 0 Å². The molecule has 0 heterocycles. The molecule has 2 atom stereocenters. The summed E-state index contributed by atoms with van der Waals surface area (Å²) in [5.74, 6) is 1.90. The zero-order chi connectivity index (χ0) is 16.8.